The van der Waals surface area contributed by atoms with Crippen molar-refractivity contribution in [3.63, 3.8) is 0 Å². The molecule has 3 aromatic rings. The fraction of sp³-hybridized carbons (Fsp3) is 0.367. The van der Waals surface area contributed by atoms with Gasteiger partial charge in [0.05, 0.1) is 10.0 Å². The molecule has 1 N–H and O–H groups in total. The number of nitrogens with one attached hydrogen (secondary N) is 1. The Labute approximate surface area is 224 Å². The third kappa shape index (κ3) is 6.49. The van der Waals surface area contributed by atoms with E-state index in [-0.39, 0.29) is 11.8 Å². The van der Waals surface area contributed by atoms with Crippen LogP contribution in [0.25, 0.3) is 0 Å². The van der Waals surface area contributed by atoms with Crippen LogP contribution in [0.2, 0.25) is 10.0 Å². The molecule has 0 aliphatic carbocycles. The van der Waals surface area contributed by atoms with Crippen LogP contribution >= 0.6 is 23.2 Å². The Kier molecular flexibility index (Phi) is 8.28. The molecule has 0 unspecified atom stereocenters. The second-order valence-corrected chi connectivity index (χ2v) is 10.9. The van der Waals surface area contributed by atoms with Gasteiger partial charge in [-0.15, -0.1) is 0 Å². The minimum absolute atomic E-state index is 0.0756. The third-order valence-electron chi connectivity index (χ3n) is 7.42. The predicted molar refractivity (Wildman–Crippen MR) is 147 cm³/mol. The number of piperidine rings is 1. The Morgan fingerprint density at radius 3 is 2.31 bits per heavy atom. The van der Waals surface area contributed by atoms with E-state index >= 15 is 0 Å². The van der Waals surface area contributed by atoms with Gasteiger partial charge in [0.1, 0.15) is 0 Å². The van der Waals surface area contributed by atoms with E-state index in [9.17, 15) is 4.79 Å². The highest BCUT2D eigenvalue weighted by Crippen LogP contribution is 2.25. The molecule has 2 aliphatic rings. The first-order valence-corrected chi connectivity index (χ1v) is 13.6. The number of benzene rings is 3. The number of halogens is 2. The van der Waals surface area contributed by atoms with Crippen molar-refractivity contribution in [2.24, 2.45) is 5.92 Å². The first-order chi connectivity index (χ1) is 17.5. The standard InChI is InChI=1S/C30H33Cl2N3O/c31-28-9-8-24(17-29(28)32)19-34-13-11-26(12-14-34)30(36)33-18-22-4-3-5-23(16-22)20-35-15-10-25-6-1-2-7-27(25)21-35/h1-9,16-17,26H,10-15,18-21H2,(H,33,36). The fourth-order valence-electron chi connectivity index (χ4n) is 5.37. The van der Waals surface area contributed by atoms with Crippen LogP contribution in [0.15, 0.2) is 66.7 Å². The molecule has 0 spiro atoms. The second-order valence-electron chi connectivity index (χ2n) is 10.1. The van der Waals surface area contributed by atoms with Crippen LogP contribution < -0.4 is 5.32 Å². The van der Waals surface area contributed by atoms with Crippen LogP contribution in [0, 0.1) is 5.92 Å². The Morgan fingerprint density at radius 1 is 0.778 bits per heavy atom. The van der Waals surface area contributed by atoms with Crippen molar-refractivity contribution < 1.29 is 4.79 Å². The molecule has 188 valence electrons. The van der Waals surface area contributed by atoms with Crippen molar-refractivity contribution in [1.29, 1.82) is 0 Å². The van der Waals surface area contributed by atoms with Gasteiger partial charge in [0.15, 0.2) is 0 Å². The normalized spacial score (nSPS) is 17.1. The summed E-state index contributed by atoms with van der Waals surface area (Å²) in [7, 11) is 0. The Bertz CT molecular complexity index is 1210. The van der Waals surface area contributed by atoms with Gasteiger partial charge in [0.2, 0.25) is 5.91 Å². The van der Waals surface area contributed by atoms with E-state index in [1.165, 1.54) is 16.7 Å². The van der Waals surface area contributed by atoms with Gasteiger partial charge in [0.25, 0.3) is 0 Å². The van der Waals surface area contributed by atoms with Crippen LogP contribution in [0.5, 0.6) is 0 Å². The number of hydrogen-bond acceptors (Lipinski definition) is 3. The minimum Gasteiger partial charge on any atom is -0.352 e. The molecule has 1 amide bonds. The van der Waals surface area contributed by atoms with Crippen LogP contribution in [0.3, 0.4) is 0 Å². The van der Waals surface area contributed by atoms with Gasteiger partial charge < -0.3 is 5.32 Å². The van der Waals surface area contributed by atoms with Crippen molar-refractivity contribution >= 4 is 29.1 Å². The molecule has 0 atom stereocenters. The van der Waals surface area contributed by atoms with Crippen molar-refractivity contribution in [3.8, 4) is 0 Å². The summed E-state index contributed by atoms with van der Waals surface area (Å²) in [5.41, 5.74) is 6.54. The number of likely N-dealkylation sites (tertiary alicyclic amines) is 1. The highest BCUT2D eigenvalue weighted by Gasteiger charge is 2.25. The van der Waals surface area contributed by atoms with Crippen LogP contribution in [0.1, 0.15) is 40.7 Å². The zero-order valence-electron chi connectivity index (χ0n) is 20.6. The van der Waals surface area contributed by atoms with E-state index in [0.29, 0.717) is 16.6 Å². The maximum atomic E-state index is 12.9. The summed E-state index contributed by atoms with van der Waals surface area (Å²) in [6.07, 6.45) is 2.87. The lowest BCUT2D eigenvalue weighted by molar-refractivity contribution is -0.126. The molecule has 1 saturated heterocycles. The maximum absolute atomic E-state index is 12.9. The largest absolute Gasteiger partial charge is 0.352 e. The Balaban J connectivity index is 1.07. The summed E-state index contributed by atoms with van der Waals surface area (Å²) in [6.45, 7) is 6.26. The molecule has 6 heteroatoms. The van der Waals surface area contributed by atoms with Crippen molar-refractivity contribution in [1.82, 2.24) is 15.1 Å². The van der Waals surface area contributed by atoms with Crippen LogP contribution in [0.4, 0.5) is 0 Å². The predicted octanol–water partition coefficient (Wildman–Crippen LogP) is 6.08. The van der Waals surface area contributed by atoms with Gasteiger partial charge in [-0.1, -0.05) is 77.8 Å². The average Bonchev–Trinajstić information content (AvgIpc) is 2.90. The van der Waals surface area contributed by atoms with Gasteiger partial charge in [-0.05, 0) is 72.3 Å². The summed E-state index contributed by atoms with van der Waals surface area (Å²) in [5.74, 6) is 0.244. The Morgan fingerprint density at radius 2 is 1.50 bits per heavy atom. The third-order valence-corrected chi connectivity index (χ3v) is 8.16. The lowest BCUT2D eigenvalue weighted by Crippen LogP contribution is -2.40. The number of nitrogens with zero attached hydrogens (tertiary/aromatic N) is 2. The van der Waals surface area contributed by atoms with E-state index in [1.54, 1.807) is 0 Å². The summed E-state index contributed by atoms with van der Waals surface area (Å²) in [6, 6.07) is 23.2. The van der Waals surface area contributed by atoms with Crippen LogP contribution in [-0.4, -0.2) is 35.3 Å². The highest BCUT2D eigenvalue weighted by atomic mass is 35.5. The van der Waals surface area contributed by atoms with Gasteiger partial charge in [-0.3, -0.25) is 14.6 Å². The van der Waals surface area contributed by atoms with Crippen molar-refractivity contribution in [3.05, 3.63) is 105 Å². The maximum Gasteiger partial charge on any atom is 0.223 e. The summed E-state index contributed by atoms with van der Waals surface area (Å²) in [5, 5.41) is 4.36. The summed E-state index contributed by atoms with van der Waals surface area (Å²) < 4.78 is 0. The van der Waals surface area contributed by atoms with Crippen molar-refractivity contribution in [2.45, 2.75) is 45.4 Å². The topological polar surface area (TPSA) is 35.6 Å². The molecule has 36 heavy (non-hydrogen) atoms. The zero-order valence-corrected chi connectivity index (χ0v) is 22.1. The van der Waals surface area contributed by atoms with Gasteiger partial charge in [0, 0.05) is 38.6 Å². The first-order valence-electron chi connectivity index (χ1n) is 12.8. The summed E-state index contributed by atoms with van der Waals surface area (Å²) in [4.78, 5) is 17.8. The lowest BCUT2D eigenvalue weighted by Gasteiger charge is -2.31. The lowest BCUT2D eigenvalue weighted by atomic mass is 9.95. The molecule has 2 heterocycles. The monoisotopic (exact) mass is 521 g/mol. The molecular formula is C30H33Cl2N3O. The van der Waals surface area contributed by atoms with E-state index < -0.39 is 0 Å². The van der Waals surface area contributed by atoms with E-state index in [0.717, 1.165) is 69.7 Å². The summed E-state index contributed by atoms with van der Waals surface area (Å²) >= 11 is 12.2. The molecule has 1 fully saturated rings. The number of carbonyl (C=O) groups excluding carboxylic acids is 1. The number of amides is 1. The van der Waals surface area contributed by atoms with E-state index in [4.69, 9.17) is 23.2 Å². The number of fused-ring (bicyclic) bond motifs is 1. The minimum atomic E-state index is 0.0756. The smallest absolute Gasteiger partial charge is 0.223 e. The average molecular weight is 523 g/mol. The molecule has 0 radical (unpaired) electrons. The van der Waals surface area contributed by atoms with E-state index in [2.05, 4.69) is 63.6 Å². The molecule has 4 nitrogen and oxygen atoms in total. The van der Waals surface area contributed by atoms with Crippen LogP contribution in [-0.2, 0) is 37.4 Å². The highest BCUT2D eigenvalue weighted by molar-refractivity contribution is 6.42. The number of hydrogen-bond donors (Lipinski definition) is 1. The Hall–Kier alpha value is -2.37. The molecule has 0 saturated carbocycles. The molecule has 3 aromatic carbocycles. The first kappa shape index (κ1) is 25.3. The molecule has 5 rings (SSSR count). The van der Waals surface area contributed by atoms with Gasteiger partial charge in [-0.2, -0.15) is 0 Å². The quantitative estimate of drug-likeness (QED) is 0.409. The number of carbonyl (C=O) groups is 1. The van der Waals surface area contributed by atoms with Crippen molar-refractivity contribution in [2.75, 3.05) is 19.6 Å². The SMILES string of the molecule is O=C(NCc1cccc(CN2CCc3ccccc3C2)c1)C1CCN(Cc2ccc(Cl)c(Cl)c2)CC1. The molecule has 2 aliphatic heterocycles. The molecule has 0 bridgehead atoms. The van der Waals surface area contributed by atoms with E-state index in [1.807, 2.05) is 18.2 Å². The zero-order chi connectivity index (χ0) is 24.9. The number of rotatable bonds is 7. The molecule has 0 aromatic heterocycles. The van der Waals surface area contributed by atoms with Gasteiger partial charge >= 0.3 is 0 Å². The van der Waals surface area contributed by atoms with Gasteiger partial charge in [-0.25, -0.2) is 0 Å². The molecular weight excluding hydrogens is 489 g/mol. The second kappa shape index (κ2) is 11.8. The fourth-order valence-corrected chi connectivity index (χ4v) is 5.69.